The van der Waals surface area contributed by atoms with E-state index >= 15 is 0 Å². The first-order valence-corrected chi connectivity index (χ1v) is 7.19. The van der Waals surface area contributed by atoms with Crippen molar-refractivity contribution in [3.8, 4) is 0 Å². The van der Waals surface area contributed by atoms with Gasteiger partial charge in [0.1, 0.15) is 5.82 Å². The van der Waals surface area contributed by atoms with E-state index in [4.69, 9.17) is 4.74 Å². The van der Waals surface area contributed by atoms with Gasteiger partial charge in [-0.15, -0.1) is 0 Å². The first-order chi connectivity index (χ1) is 9.08. The summed E-state index contributed by atoms with van der Waals surface area (Å²) in [5, 5.41) is 0. The molecule has 104 valence electrons. The molecule has 1 atom stereocenters. The molecule has 0 N–H and O–H groups in total. The van der Waals surface area contributed by atoms with Crippen LogP contribution in [0, 0.1) is 5.82 Å². The van der Waals surface area contributed by atoms with E-state index in [9.17, 15) is 9.18 Å². The summed E-state index contributed by atoms with van der Waals surface area (Å²) in [6, 6.07) is 4.38. The summed E-state index contributed by atoms with van der Waals surface area (Å²) in [5.74, 6) is -0.808. The average Bonchev–Trinajstić information content (AvgIpc) is 2.42. The molecule has 0 bridgehead atoms. The molecule has 0 radical (unpaired) electrons. The molecule has 1 heterocycles. The van der Waals surface area contributed by atoms with Gasteiger partial charge < -0.3 is 9.64 Å². The van der Waals surface area contributed by atoms with E-state index in [2.05, 4.69) is 15.9 Å². The second-order valence-corrected chi connectivity index (χ2v) is 5.71. The van der Waals surface area contributed by atoms with Gasteiger partial charge in [-0.3, -0.25) is 4.79 Å². The highest BCUT2D eigenvalue weighted by Crippen LogP contribution is 2.18. The number of benzene rings is 1. The summed E-state index contributed by atoms with van der Waals surface area (Å²) in [7, 11) is 1.68. The van der Waals surface area contributed by atoms with E-state index in [0.29, 0.717) is 11.0 Å². The number of carbonyl (C=O) groups excluding carboxylic acids is 1. The van der Waals surface area contributed by atoms with E-state index < -0.39 is 5.82 Å². The largest absolute Gasteiger partial charge is 0.376 e. The van der Waals surface area contributed by atoms with Crippen molar-refractivity contribution in [2.24, 2.45) is 0 Å². The maximum Gasteiger partial charge on any atom is 0.256 e. The quantitative estimate of drug-likeness (QED) is 0.852. The van der Waals surface area contributed by atoms with E-state index in [1.54, 1.807) is 13.1 Å². The van der Waals surface area contributed by atoms with Crippen molar-refractivity contribution in [1.82, 2.24) is 4.90 Å². The third kappa shape index (κ3) is 3.76. The lowest BCUT2D eigenvalue weighted by Gasteiger charge is -2.27. The van der Waals surface area contributed by atoms with Crippen molar-refractivity contribution in [2.45, 2.75) is 25.4 Å². The van der Waals surface area contributed by atoms with Gasteiger partial charge in [-0.05, 0) is 37.5 Å². The third-order valence-corrected chi connectivity index (χ3v) is 3.75. The molecule has 1 aliphatic heterocycles. The van der Waals surface area contributed by atoms with Crippen molar-refractivity contribution in [1.29, 1.82) is 0 Å². The molecule has 1 aliphatic rings. The fourth-order valence-electron chi connectivity index (χ4n) is 2.21. The van der Waals surface area contributed by atoms with Crippen molar-refractivity contribution < 1.29 is 13.9 Å². The molecule has 0 saturated carbocycles. The number of hydrogen-bond donors (Lipinski definition) is 0. The Morgan fingerprint density at radius 2 is 2.32 bits per heavy atom. The molecule has 1 fully saturated rings. The predicted molar refractivity (Wildman–Crippen MR) is 74.7 cm³/mol. The normalized spacial score (nSPS) is 19.2. The Labute approximate surface area is 120 Å². The zero-order chi connectivity index (χ0) is 13.8. The molecule has 1 unspecified atom stereocenters. The molecule has 1 aromatic carbocycles. The van der Waals surface area contributed by atoms with Crippen LogP contribution < -0.4 is 0 Å². The lowest BCUT2D eigenvalue weighted by Crippen LogP contribution is -2.37. The highest BCUT2D eigenvalue weighted by atomic mass is 79.9. The average molecular weight is 330 g/mol. The van der Waals surface area contributed by atoms with Gasteiger partial charge in [-0.2, -0.15) is 0 Å². The molecule has 3 nitrogen and oxygen atoms in total. The lowest BCUT2D eigenvalue weighted by atomic mass is 10.1. The number of rotatable bonds is 3. The fraction of sp³-hybridized carbons (Fsp3) is 0.500. The van der Waals surface area contributed by atoms with Crippen molar-refractivity contribution >= 4 is 21.8 Å². The minimum absolute atomic E-state index is 0.0675. The van der Waals surface area contributed by atoms with Crippen LogP contribution in [0.25, 0.3) is 0 Å². The van der Waals surface area contributed by atoms with Crippen LogP contribution in [0.5, 0.6) is 0 Å². The summed E-state index contributed by atoms with van der Waals surface area (Å²) in [5.41, 5.74) is 0.0904. The SMILES string of the molecule is CN(CC1CCCCO1)C(=O)c1cc(Br)ccc1F. The number of likely N-dealkylation sites (N-methyl/N-ethyl adjacent to an activating group) is 1. The Hall–Kier alpha value is -0.940. The zero-order valence-electron chi connectivity index (χ0n) is 10.9. The summed E-state index contributed by atoms with van der Waals surface area (Å²) in [6.07, 6.45) is 3.23. The maximum absolute atomic E-state index is 13.7. The maximum atomic E-state index is 13.7. The molecular weight excluding hydrogens is 313 g/mol. The fourth-order valence-corrected chi connectivity index (χ4v) is 2.57. The number of carbonyl (C=O) groups is 1. The van der Waals surface area contributed by atoms with Crippen LogP contribution >= 0.6 is 15.9 Å². The minimum Gasteiger partial charge on any atom is -0.376 e. The molecule has 0 aliphatic carbocycles. The number of halogens is 2. The van der Waals surface area contributed by atoms with Gasteiger partial charge in [0, 0.05) is 24.7 Å². The van der Waals surface area contributed by atoms with Crippen LogP contribution in [0.1, 0.15) is 29.6 Å². The zero-order valence-corrected chi connectivity index (χ0v) is 12.5. The van der Waals surface area contributed by atoms with E-state index in [1.807, 2.05) is 0 Å². The summed E-state index contributed by atoms with van der Waals surface area (Å²) >= 11 is 3.25. The van der Waals surface area contributed by atoms with Crippen LogP contribution in [0.15, 0.2) is 22.7 Å². The van der Waals surface area contributed by atoms with Crippen LogP contribution in [-0.4, -0.2) is 37.1 Å². The summed E-state index contributed by atoms with van der Waals surface area (Å²) in [4.78, 5) is 13.7. The Morgan fingerprint density at radius 3 is 3.00 bits per heavy atom. The van der Waals surface area contributed by atoms with Crippen molar-refractivity contribution in [2.75, 3.05) is 20.2 Å². The van der Waals surface area contributed by atoms with Gasteiger partial charge in [0.25, 0.3) is 5.91 Å². The monoisotopic (exact) mass is 329 g/mol. The van der Waals surface area contributed by atoms with Gasteiger partial charge in [0.05, 0.1) is 11.7 Å². The molecule has 1 saturated heterocycles. The minimum atomic E-state index is -0.496. The van der Waals surface area contributed by atoms with Crippen molar-refractivity contribution in [3.63, 3.8) is 0 Å². The lowest BCUT2D eigenvalue weighted by molar-refractivity contribution is -0.000271. The number of hydrogen-bond acceptors (Lipinski definition) is 2. The van der Waals surface area contributed by atoms with Crippen molar-refractivity contribution in [3.05, 3.63) is 34.1 Å². The molecule has 1 aromatic rings. The number of nitrogens with zero attached hydrogens (tertiary/aromatic N) is 1. The van der Waals surface area contributed by atoms with Crippen LogP contribution in [-0.2, 0) is 4.74 Å². The molecule has 19 heavy (non-hydrogen) atoms. The third-order valence-electron chi connectivity index (χ3n) is 3.26. The molecular formula is C14H17BrFNO2. The van der Waals surface area contributed by atoms with Crippen LogP contribution in [0.3, 0.4) is 0 Å². The first kappa shape index (κ1) is 14.5. The Bertz CT molecular complexity index is 461. The van der Waals surface area contributed by atoms with Gasteiger partial charge in [0.15, 0.2) is 0 Å². The summed E-state index contributed by atoms with van der Waals surface area (Å²) < 4.78 is 19.9. The predicted octanol–water partition coefficient (Wildman–Crippen LogP) is 3.23. The van der Waals surface area contributed by atoms with Crippen LogP contribution in [0.4, 0.5) is 4.39 Å². The smallest absolute Gasteiger partial charge is 0.256 e. The van der Waals surface area contributed by atoms with E-state index in [-0.39, 0.29) is 17.6 Å². The molecule has 0 aromatic heterocycles. The highest BCUT2D eigenvalue weighted by molar-refractivity contribution is 9.10. The molecule has 5 heteroatoms. The van der Waals surface area contributed by atoms with Gasteiger partial charge in [0.2, 0.25) is 0 Å². The van der Waals surface area contributed by atoms with Gasteiger partial charge in [-0.1, -0.05) is 15.9 Å². The number of amides is 1. The second-order valence-electron chi connectivity index (χ2n) is 4.80. The topological polar surface area (TPSA) is 29.5 Å². The molecule has 0 spiro atoms. The van der Waals surface area contributed by atoms with Gasteiger partial charge >= 0.3 is 0 Å². The van der Waals surface area contributed by atoms with E-state index in [1.165, 1.54) is 17.0 Å². The Balaban J connectivity index is 2.03. The summed E-state index contributed by atoms with van der Waals surface area (Å²) in [6.45, 7) is 1.25. The first-order valence-electron chi connectivity index (χ1n) is 6.40. The van der Waals surface area contributed by atoms with Crippen LogP contribution in [0.2, 0.25) is 0 Å². The standard InChI is InChI=1S/C14H17BrFNO2/c1-17(9-11-4-2-3-7-19-11)14(18)12-8-10(15)5-6-13(12)16/h5-6,8,11H,2-4,7,9H2,1H3. The molecule has 2 rings (SSSR count). The van der Waals surface area contributed by atoms with Gasteiger partial charge in [-0.25, -0.2) is 4.39 Å². The Kier molecular flexibility index (Phi) is 4.93. The Morgan fingerprint density at radius 1 is 1.53 bits per heavy atom. The second kappa shape index (κ2) is 6.48. The highest BCUT2D eigenvalue weighted by Gasteiger charge is 2.21. The van der Waals surface area contributed by atoms with E-state index in [0.717, 1.165) is 25.9 Å². The molecule has 1 amide bonds. The number of ether oxygens (including phenoxy) is 1.